The van der Waals surface area contributed by atoms with Crippen LogP contribution in [0.25, 0.3) is 0 Å². The molecule has 0 unspecified atom stereocenters. The van der Waals surface area contributed by atoms with Gasteiger partial charge in [0.25, 0.3) is 15.9 Å². The molecule has 1 amide bonds. The van der Waals surface area contributed by atoms with E-state index >= 15 is 0 Å². The molecule has 2 aromatic carbocycles. The van der Waals surface area contributed by atoms with Gasteiger partial charge in [-0.15, -0.1) is 0 Å². The number of nitrogens with one attached hydrogen (secondary N) is 2. The van der Waals surface area contributed by atoms with Crippen molar-refractivity contribution in [1.29, 1.82) is 0 Å². The Morgan fingerprint density at radius 3 is 2.55 bits per heavy atom. The lowest BCUT2D eigenvalue weighted by Gasteiger charge is -2.23. The van der Waals surface area contributed by atoms with Crippen molar-refractivity contribution in [2.24, 2.45) is 0 Å². The van der Waals surface area contributed by atoms with Crippen LogP contribution in [-0.4, -0.2) is 27.2 Å². The van der Waals surface area contributed by atoms with Gasteiger partial charge < -0.3 is 14.8 Å². The Morgan fingerprint density at radius 1 is 1.00 bits per heavy atom. The molecule has 0 bridgehead atoms. The molecule has 154 valence electrons. The largest absolute Gasteiger partial charge is 0.454 e. The van der Waals surface area contributed by atoms with Crippen molar-refractivity contribution < 1.29 is 22.7 Å². The van der Waals surface area contributed by atoms with Gasteiger partial charge in [0.05, 0.1) is 10.6 Å². The zero-order valence-electron chi connectivity index (χ0n) is 16.2. The first-order chi connectivity index (χ1) is 13.9. The number of benzene rings is 2. The van der Waals surface area contributed by atoms with E-state index in [0.717, 1.165) is 31.2 Å². The number of carbonyl (C=O) groups is 1. The van der Waals surface area contributed by atoms with Crippen LogP contribution >= 0.6 is 0 Å². The summed E-state index contributed by atoms with van der Waals surface area (Å²) in [7, 11) is -3.86. The molecule has 2 N–H and O–H groups in total. The van der Waals surface area contributed by atoms with Crippen LogP contribution in [0, 0.1) is 6.92 Å². The van der Waals surface area contributed by atoms with E-state index in [4.69, 9.17) is 9.47 Å². The van der Waals surface area contributed by atoms with Gasteiger partial charge in [0.15, 0.2) is 11.5 Å². The summed E-state index contributed by atoms with van der Waals surface area (Å²) < 4.78 is 38.8. The second-order valence-electron chi connectivity index (χ2n) is 7.46. The molecule has 7 nitrogen and oxygen atoms in total. The fourth-order valence-electron chi connectivity index (χ4n) is 3.70. The number of ether oxygens (including phenoxy) is 2. The monoisotopic (exact) mass is 416 g/mol. The summed E-state index contributed by atoms with van der Waals surface area (Å²) in [5.41, 5.74) is 1.48. The van der Waals surface area contributed by atoms with E-state index in [2.05, 4.69) is 10.0 Å². The summed E-state index contributed by atoms with van der Waals surface area (Å²) in [4.78, 5) is 12.8. The van der Waals surface area contributed by atoms with E-state index in [9.17, 15) is 13.2 Å². The highest BCUT2D eigenvalue weighted by atomic mass is 32.2. The minimum atomic E-state index is -3.86. The molecule has 0 radical (unpaired) electrons. The Hall–Kier alpha value is -2.74. The maximum atomic E-state index is 12.9. The number of hydrogen-bond acceptors (Lipinski definition) is 5. The molecule has 1 aliphatic heterocycles. The normalized spacial score (nSPS) is 16.4. The highest BCUT2D eigenvalue weighted by molar-refractivity contribution is 7.92. The molecule has 1 saturated carbocycles. The lowest BCUT2D eigenvalue weighted by atomic mass is 9.95. The molecule has 1 fully saturated rings. The van der Waals surface area contributed by atoms with Gasteiger partial charge in [0, 0.05) is 17.7 Å². The van der Waals surface area contributed by atoms with Gasteiger partial charge in [-0.1, -0.05) is 25.3 Å². The van der Waals surface area contributed by atoms with Crippen molar-refractivity contribution in [3.8, 4) is 11.5 Å². The van der Waals surface area contributed by atoms with E-state index in [1.165, 1.54) is 18.6 Å². The third-order valence-electron chi connectivity index (χ3n) is 5.33. The number of anilines is 1. The first kappa shape index (κ1) is 19.6. The predicted octanol–water partition coefficient (Wildman–Crippen LogP) is 3.59. The van der Waals surface area contributed by atoms with Crippen molar-refractivity contribution in [2.45, 2.75) is 50.0 Å². The minimum absolute atomic E-state index is 0.0366. The van der Waals surface area contributed by atoms with Gasteiger partial charge in [0.2, 0.25) is 6.79 Å². The number of fused-ring (bicyclic) bond motifs is 1. The van der Waals surface area contributed by atoms with Crippen LogP contribution in [0.15, 0.2) is 41.3 Å². The second-order valence-corrected chi connectivity index (χ2v) is 9.14. The van der Waals surface area contributed by atoms with Crippen molar-refractivity contribution >= 4 is 21.6 Å². The lowest BCUT2D eigenvalue weighted by Crippen LogP contribution is -2.36. The zero-order valence-corrected chi connectivity index (χ0v) is 17.1. The van der Waals surface area contributed by atoms with Gasteiger partial charge in [-0.3, -0.25) is 9.52 Å². The van der Waals surface area contributed by atoms with Gasteiger partial charge >= 0.3 is 0 Å². The zero-order chi connectivity index (χ0) is 20.4. The number of sulfonamides is 1. The predicted molar refractivity (Wildman–Crippen MR) is 109 cm³/mol. The van der Waals surface area contributed by atoms with E-state index in [1.807, 2.05) is 0 Å². The molecule has 2 aromatic rings. The SMILES string of the molecule is Cc1ccc(S(=O)(=O)Nc2ccc3c(c2)OCO3)cc1C(=O)NC1CCCCC1. The summed E-state index contributed by atoms with van der Waals surface area (Å²) in [6.07, 6.45) is 5.35. The third kappa shape index (κ3) is 4.32. The van der Waals surface area contributed by atoms with Gasteiger partial charge in [0.1, 0.15) is 0 Å². The summed E-state index contributed by atoms with van der Waals surface area (Å²) >= 11 is 0. The van der Waals surface area contributed by atoms with Gasteiger partial charge in [-0.25, -0.2) is 8.42 Å². The molecule has 2 aliphatic rings. The summed E-state index contributed by atoms with van der Waals surface area (Å²) in [5.74, 6) is 0.834. The Bertz CT molecular complexity index is 1030. The van der Waals surface area contributed by atoms with E-state index < -0.39 is 10.0 Å². The number of rotatable bonds is 5. The molecule has 8 heteroatoms. The molecule has 4 rings (SSSR count). The second kappa shape index (κ2) is 7.94. The number of aryl methyl sites for hydroxylation is 1. The van der Waals surface area contributed by atoms with Crippen LogP contribution in [0.1, 0.15) is 48.0 Å². The molecular formula is C21H24N2O5S. The average Bonchev–Trinajstić information content (AvgIpc) is 3.16. The Morgan fingerprint density at radius 2 is 1.76 bits per heavy atom. The highest BCUT2D eigenvalue weighted by Gasteiger charge is 2.22. The quantitative estimate of drug-likeness (QED) is 0.777. The smallest absolute Gasteiger partial charge is 0.261 e. The van der Waals surface area contributed by atoms with Crippen LogP contribution in [0.2, 0.25) is 0 Å². The van der Waals surface area contributed by atoms with Crippen LogP contribution in [0.4, 0.5) is 5.69 Å². The van der Waals surface area contributed by atoms with Crippen LogP contribution in [0.3, 0.4) is 0 Å². The molecule has 0 atom stereocenters. The maximum Gasteiger partial charge on any atom is 0.261 e. The van der Waals surface area contributed by atoms with Gasteiger partial charge in [-0.05, 0) is 49.6 Å². The van der Waals surface area contributed by atoms with Crippen molar-refractivity contribution in [3.05, 3.63) is 47.5 Å². The molecule has 1 aliphatic carbocycles. The van der Waals surface area contributed by atoms with Crippen LogP contribution in [0.5, 0.6) is 11.5 Å². The maximum absolute atomic E-state index is 12.9. The number of amides is 1. The molecule has 1 heterocycles. The molecule has 29 heavy (non-hydrogen) atoms. The molecule has 0 saturated heterocycles. The Balaban J connectivity index is 1.54. The third-order valence-corrected chi connectivity index (χ3v) is 6.71. The number of hydrogen-bond donors (Lipinski definition) is 2. The fourth-order valence-corrected chi connectivity index (χ4v) is 4.77. The standard InChI is InChI=1S/C21H24N2O5S/c1-14-7-9-17(12-18(14)21(24)22-15-5-3-2-4-6-15)29(25,26)23-16-8-10-19-20(11-16)28-13-27-19/h7-12,15,23H,2-6,13H2,1H3,(H,22,24). The summed E-state index contributed by atoms with van der Waals surface area (Å²) in [6.45, 7) is 1.92. The Kier molecular flexibility index (Phi) is 5.36. The molecular weight excluding hydrogens is 392 g/mol. The van der Waals surface area contributed by atoms with E-state index in [-0.39, 0.29) is 23.6 Å². The van der Waals surface area contributed by atoms with Crippen molar-refractivity contribution in [2.75, 3.05) is 11.5 Å². The average molecular weight is 416 g/mol. The lowest BCUT2D eigenvalue weighted by molar-refractivity contribution is 0.0927. The van der Waals surface area contributed by atoms with Crippen LogP contribution in [-0.2, 0) is 10.0 Å². The van der Waals surface area contributed by atoms with E-state index in [0.29, 0.717) is 22.7 Å². The van der Waals surface area contributed by atoms with Crippen molar-refractivity contribution in [3.63, 3.8) is 0 Å². The fraction of sp³-hybridized carbons (Fsp3) is 0.381. The highest BCUT2D eigenvalue weighted by Crippen LogP contribution is 2.35. The first-order valence-electron chi connectivity index (χ1n) is 9.76. The molecule has 0 spiro atoms. The van der Waals surface area contributed by atoms with E-state index in [1.54, 1.807) is 31.2 Å². The van der Waals surface area contributed by atoms with Gasteiger partial charge in [-0.2, -0.15) is 0 Å². The van der Waals surface area contributed by atoms with Crippen molar-refractivity contribution in [1.82, 2.24) is 5.32 Å². The topological polar surface area (TPSA) is 93.7 Å². The first-order valence-corrected chi connectivity index (χ1v) is 11.2. The Labute approximate surface area is 170 Å². The number of carbonyl (C=O) groups excluding carboxylic acids is 1. The molecule has 0 aromatic heterocycles. The summed E-state index contributed by atoms with van der Waals surface area (Å²) in [6, 6.07) is 9.58. The minimum Gasteiger partial charge on any atom is -0.454 e. The summed E-state index contributed by atoms with van der Waals surface area (Å²) in [5, 5.41) is 3.05. The van der Waals surface area contributed by atoms with Crippen LogP contribution < -0.4 is 19.5 Å².